The van der Waals surface area contributed by atoms with Crippen LogP contribution >= 0.6 is 0 Å². The van der Waals surface area contributed by atoms with Gasteiger partial charge in [-0.1, -0.05) is 13.3 Å². The molecule has 2 N–H and O–H groups in total. The van der Waals surface area contributed by atoms with Gasteiger partial charge in [0.1, 0.15) is 0 Å². The van der Waals surface area contributed by atoms with E-state index in [-0.39, 0.29) is 0 Å². The summed E-state index contributed by atoms with van der Waals surface area (Å²) in [6.07, 6.45) is 6.41. The molecule has 20 heavy (non-hydrogen) atoms. The van der Waals surface area contributed by atoms with Crippen LogP contribution in [0.3, 0.4) is 0 Å². The molecule has 1 saturated carbocycles. The largest absolute Gasteiger partial charge is 0.354 e. The summed E-state index contributed by atoms with van der Waals surface area (Å²) >= 11 is 0. The van der Waals surface area contributed by atoms with Crippen molar-refractivity contribution in [2.24, 2.45) is 10.9 Å². The fraction of sp³-hybridized carbons (Fsp3) is 0.938. The van der Waals surface area contributed by atoms with Crippen molar-refractivity contribution in [1.29, 1.82) is 0 Å². The van der Waals surface area contributed by atoms with Crippen LogP contribution in [0.4, 0.5) is 0 Å². The number of guanidine groups is 1. The molecule has 1 saturated heterocycles. The van der Waals surface area contributed by atoms with Gasteiger partial charge in [-0.15, -0.1) is 0 Å². The van der Waals surface area contributed by atoms with Crippen LogP contribution in [-0.2, 0) is 0 Å². The minimum atomic E-state index is 0.583. The maximum absolute atomic E-state index is 4.39. The predicted octanol–water partition coefficient (Wildman–Crippen LogP) is 2.21. The normalized spacial score (nSPS) is 28.8. The molecule has 4 heteroatoms. The number of aliphatic imine (C=N–C) groups is 1. The van der Waals surface area contributed by atoms with Crippen LogP contribution in [0.15, 0.2) is 4.99 Å². The average molecular weight is 280 g/mol. The third kappa shape index (κ3) is 4.37. The molecule has 0 bridgehead atoms. The lowest BCUT2D eigenvalue weighted by molar-refractivity contribution is 0.167. The molecule has 2 aliphatic rings. The van der Waals surface area contributed by atoms with Gasteiger partial charge in [0.25, 0.3) is 0 Å². The standard InChI is InChI=1S/C16H32N4/c1-5-6-13-11-15(13)19-16(17-4)18-14-7-9-20(10-8-14)12(2)3/h12-15H,5-11H2,1-4H3,(H2,17,18,19). The van der Waals surface area contributed by atoms with Crippen LogP contribution in [0, 0.1) is 5.92 Å². The van der Waals surface area contributed by atoms with Crippen molar-refractivity contribution in [3.05, 3.63) is 0 Å². The molecule has 0 radical (unpaired) electrons. The summed E-state index contributed by atoms with van der Waals surface area (Å²) in [6, 6.07) is 1.92. The fourth-order valence-electron chi connectivity index (χ4n) is 3.21. The Labute approximate surface area is 124 Å². The average Bonchev–Trinajstić information content (AvgIpc) is 3.17. The first-order valence-corrected chi connectivity index (χ1v) is 8.38. The number of hydrogen-bond donors (Lipinski definition) is 2. The zero-order valence-corrected chi connectivity index (χ0v) is 13.7. The third-order valence-corrected chi connectivity index (χ3v) is 4.73. The van der Waals surface area contributed by atoms with Gasteiger partial charge in [0, 0.05) is 38.3 Å². The van der Waals surface area contributed by atoms with E-state index >= 15 is 0 Å². The van der Waals surface area contributed by atoms with E-state index in [1.54, 1.807) is 0 Å². The zero-order valence-electron chi connectivity index (χ0n) is 13.7. The molecule has 1 heterocycles. The van der Waals surface area contributed by atoms with Crippen molar-refractivity contribution >= 4 is 5.96 Å². The summed E-state index contributed by atoms with van der Waals surface area (Å²) in [5.41, 5.74) is 0. The van der Waals surface area contributed by atoms with E-state index in [1.165, 1.54) is 45.2 Å². The first-order chi connectivity index (χ1) is 9.63. The number of likely N-dealkylation sites (tertiary alicyclic amines) is 1. The van der Waals surface area contributed by atoms with E-state index in [4.69, 9.17) is 0 Å². The monoisotopic (exact) mass is 280 g/mol. The summed E-state index contributed by atoms with van der Waals surface area (Å²) in [5, 5.41) is 7.19. The van der Waals surface area contributed by atoms with Gasteiger partial charge in [-0.25, -0.2) is 0 Å². The molecule has 0 spiro atoms. The van der Waals surface area contributed by atoms with Crippen LogP contribution in [0.5, 0.6) is 0 Å². The first kappa shape index (κ1) is 15.6. The van der Waals surface area contributed by atoms with Gasteiger partial charge >= 0.3 is 0 Å². The van der Waals surface area contributed by atoms with Gasteiger partial charge in [0.05, 0.1) is 0 Å². The second-order valence-corrected chi connectivity index (χ2v) is 6.66. The number of nitrogens with zero attached hydrogens (tertiary/aromatic N) is 2. The van der Waals surface area contributed by atoms with Gasteiger partial charge in [-0.05, 0) is 45.4 Å². The molecule has 0 aromatic heterocycles. The lowest BCUT2D eigenvalue weighted by atomic mass is 10.0. The summed E-state index contributed by atoms with van der Waals surface area (Å²) < 4.78 is 0. The highest BCUT2D eigenvalue weighted by atomic mass is 15.2. The van der Waals surface area contributed by atoms with Crippen molar-refractivity contribution in [1.82, 2.24) is 15.5 Å². The summed E-state index contributed by atoms with van der Waals surface area (Å²) in [5.74, 6) is 1.89. The van der Waals surface area contributed by atoms with Crippen LogP contribution < -0.4 is 10.6 Å². The SMILES string of the molecule is CCCC1CC1NC(=NC)NC1CCN(C(C)C)CC1. The second kappa shape index (κ2) is 7.30. The molecule has 1 aliphatic heterocycles. The van der Waals surface area contributed by atoms with Crippen LogP contribution in [0.2, 0.25) is 0 Å². The number of piperidine rings is 1. The molecule has 2 unspecified atom stereocenters. The predicted molar refractivity (Wildman–Crippen MR) is 86.2 cm³/mol. The van der Waals surface area contributed by atoms with Crippen molar-refractivity contribution < 1.29 is 0 Å². The Morgan fingerprint density at radius 1 is 1.25 bits per heavy atom. The molecule has 0 amide bonds. The highest BCUT2D eigenvalue weighted by molar-refractivity contribution is 5.80. The minimum absolute atomic E-state index is 0.583. The van der Waals surface area contributed by atoms with Gasteiger partial charge in [-0.2, -0.15) is 0 Å². The van der Waals surface area contributed by atoms with Gasteiger partial charge < -0.3 is 15.5 Å². The smallest absolute Gasteiger partial charge is 0.191 e. The molecular formula is C16H32N4. The quantitative estimate of drug-likeness (QED) is 0.599. The number of rotatable bonds is 5. The Balaban J connectivity index is 1.70. The van der Waals surface area contributed by atoms with E-state index < -0.39 is 0 Å². The van der Waals surface area contributed by atoms with Gasteiger partial charge in [0.2, 0.25) is 0 Å². The summed E-state index contributed by atoms with van der Waals surface area (Å²) in [6.45, 7) is 9.25. The lowest BCUT2D eigenvalue weighted by Crippen LogP contribution is -2.50. The molecule has 116 valence electrons. The lowest BCUT2D eigenvalue weighted by Gasteiger charge is -2.35. The molecule has 0 aromatic rings. The Kier molecular flexibility index (Phi) is 5.70. The van der Waals surface area contributed by atoms with E-state index in [0.717, 1.165) is 11.9 Å². The minimum Gasteiger partial charge on any atom is -0.354 e. The van der Waals surface area contributed by atoms with Crippen molar-refractivity contribution in [2.45, 2.75) is 71.0 Å². The van der Waals surface area contributed by atoms with E-state index in [0.29, 0.717) is 18.1 Å². The molecule has 2 rings (SSSR count). The maximum atomic E-state index is 4.39. The summed E-state index contributed by atoms with van der Waals surface area (Å²) in [7, 11) is 1.88. The molecule has 0 aromatic carbocycles. The molecular weight excluding hydrogens is 248 g/mol. The maximum Gasteiger partial charge on any atom is 0.191 e. The zero-order chi connectivity index (χ0) is 14.5. The molecule has 2 atom stereocenters. The number of nitrogens with one attached hydrogen (secondary N) is 2. The third-order valence-electron chi connectivity index (χ3n) is 4.73. The molecule has 2 fully saturated rings. The van der Waals surface area contributed by atoms with Gasteiger partial charge in [0.15, 0.2) is 5.96 Å². The number of hydrogen-bond acceptors (Lipinski definition) is 2. The highest BCUT2D eigenvalue weighted by Crippen LogP contribution is 2.34. The van der Waals surface area contributed by atoms with Crippen molar-refractivity contribution in [3.8, 4) is 0 Å². The first-order valence-electron chi connectivity index (χ1n) is 8.38. The van der Waals surface area contributed by atoms with Crippen molar-refractivity contribution in [3.63, 3.8) is 0 Å². The fourth-order valence-corrected chi connectivity index (χ4v) is 3.21. The van der Waals surface area contributed by atoms with E-state index in [1.807, 2.05) is 7.05 Å². The highest BCUT2D eigenvalue weighted by Gasteiger charge is 2.36. The topological polar surface area (TPSA) is 39.7 Å². The van der Waals surface area contributed by atoms with Crippen molar-refractivity contribution in [2.75, 3.05) is 20.1 Å². The summed E-state index contributed by atoms with van der Waals surface area (Å²) in [4.78, 5) is 6.95. The van der Waals surface area contributed by atoms with Crippen LogP contribution in [0.25, 0.3) is 0 Å². The Morgan fingerprint density at radius 2 is 1.95 bits per heavy atom. The van der Waals surface area contributed by atoms with E-state index in [2.05, 4.69) is 41.3 Å². The molecule has 4 nitrogen and oxygen atoms in total. The second-order valence-electron chi connectivity index (χ2n) is 6.66. The Bertz CT molecular complexity index is 318. The van der Waals surface area contributed by atoms with Crippen LogP contribution in [0.1, 0.15) is 52.9 Å². The Hall–Kier alpha value is -0.770. The van der Waals surface area contributed by atoms with E-state index in [9.17, 15) is 0 Å². The Morgan fingerprint density at radius 3 is 2.50 bits per heavy atom. The molecule has 1 aliphatic carbocycles. The van der Waals surface area contributed by atoms with Crippen LogP contribution in [-0.4, -0.2) is 49.1 Å². The van der Waals surface area contributed by atoms with Gasteiger partial charge in [-0.3, -0.25) is 4.99 Å².